The first-order valence-corrected chi connectivity index (χ1v) is 8.91. The summed E-state index contributed by atoms with van der Waals surface area (Å²) in [7, 11) is 0. The van der Waals surface area contributed by atoms with Crippen molar-refractivity contribution in [2.75, 3.05) is 0 Å². The number of alkyl halides is 5. The SMILES string of the molecule is O=C(NCc1ccc(C2(C(F)(F)F)N=N2)cc1)C1CCC2C(CC1)C2(F)F. The molecular weight excluding hydrogens is 369 g/mol. The molecule has 2 aliphatic carbocycles. The van der Waals surface area contributed by atoms with Crippen LogP contribution < -0.4 is 5.32 Å². The molecule has 3 aliphatic rings. The molecule has 1 aromatic rings. The quantitative estimate of drug-likeness (QED) is 0.757. The number of amides is 1. The van der Waals surface area contributed by atoms with E-state index in [2.05, 4.69) is 15.5 Å². The number of carbonyl (C=O) groups is 1. The van der Waals surface area contributed by atoms with Crippen LogP contribution in [0.15, 0.2) is 34.5 Å². The van der Waals surface area contributed by atoms with Crippen LogP contribution in [0.5, 0.6) is 0 Å². The second-order valence-electron chi connectivity index (χ2n) is 7.52. The minimum absolute atomic E-state index is 0.0611. The molecule has 4 rings (SSSR count). The van der Waals surface area contributed by atoms with Gasteiger partial charge in [-0.15, -0.1) is 10.2 Å². The van der Waals surface area contributed by atoms with Gasteiger partial charge in [-0.25, -0.2) is 8.78 Å². The molecule has 2 atom stereocenters. The number of carbonyl (C=O) groups excluding carboxylic acids is 1. The van der Waals surface area contributed by atoms with Gasteiger partial charge in [0.15, 0.2) is 0 Å². The zero-order valence-corrected chi connectivity index (χ0v) is 14.3. The second kappa shape index (κ2) is 5.97. The maximum Gasteiger partial charge on any atom is 0.442 e. The smallest absolute Gasteiger partial charge is 0.352 e. The van der Waals surface area contributed by atoms with Crippen LogP contribution in [0, 0.1) is 17.8 Å². The van der Waals surface area contributed by atoms with Crippen LogP contribution in [-0.4, -0.2) is 18.0 Å². The van der Waals surface area contributed by atoms with Gasteiger partial charge < -0.3 is 5.32 Å². The van der Waals surface area contributed by atoms with Gasteiger partial charge in [0.25, 0.3) is 5.92 Å². The summed E-state index contributed by atoms with van der Waals surface area (Å²) in [6.07, 6.45) is -2.97. The van der Waals surface area contributed by atoms with Crippen LogP contribution in [0.3, 0.4) is 0 Å². The number of halogens is 5. The molecule has 2 fully saturated rings. The fourth-order valence-corrected chi connectivity index (χ4v) is 4.05. The number of nitrogens with one attached hydrogen (secondary N) is 1. The third-order valence-electron chi connectivity index (χ3n) is 5.91. The minimum atomic E-state index is -4.57. The Balaban J connectivity index is 1.30. The third kappa shape index (κ3) is 3.10. The molecular formula is C18H18F5N3O. The van der Waals surface area contributed by atoms with Gasteiger partial charge in [0.1, 0.15) is 0 Å². The minimum Gasteiger partial charge on any atom is -0.352 e. The van der Waals surface area contributed by atoms with E-state index in [9.17, 15) is 26.7 Å². The Morgan fingerprint density at radius 1 is 1.04 bits per heavy atom. The van der Waals surface area contributed by atoms with Gasteiger partial charge in [0, 0.05) is 29.9 Å². The number of hydrogen-bond donors (Lipinski definition) is 1. The first-order valence-electron chi connectivity index (χ1n) is 8.91. The van der Waals surface area contributed by atoms with Crippen LogP contribution in [-0.2, 0) is 17.0 Å². The van der Waals surface area contributed by atoms with Gasteiger partial charge in [-0.3, -0.25) is 4.79 Å². The number of rotatable bonds is 4. The summed E-state index contributed by atoms with van der Waals surface area (Å²) in [6.45, 7) is 0.173. The van der Waals surface area contributed by atoms with E-state index in [-0.39, 0.29) is 23.9 Å². The molecule has 9 heteroatoms. The maximum atomic E-state index is 13.4. The van der Waals surface area contributed by atoms with E-state index >= 15 is 0 Å². The van der Waals surface area contributed by atoms with Gasteiger partial charge in [-0.1, -0.05) is 24.3 Å². The number of nitrogens with zero attached hydrogens (tertiary/aromatic N) is 2. The normalized spacial score (nSPS) is 30.2. The summed E-state index contributed by atoms with van der Waals surface area (Å²) in [5.74, 6) is -4.20. The molecule has 4 nitrogen and oxygen atoms in total. The third-order valence-corrected chi connectivity index (χ3v) is 5.91. The molecule has 1 N–H and O–H groups in total. The molecule has 0 bridgehead atoms. The highest BCUT2D eigenvalue weighted by atomic mass is 19.4. The van der Waals surface area contributed by atoms with Crippen molar-refractivity contribution in [1.29, 1.82) is 0 Å². The highest BCUT2D eigenvalue weighted by molar-refractivity contribution is 5.78. The van der Waals surface area contributed by atoms with E-state index in [0.29, 0.717) is 31.2 Å². The predicted octanol–water partition coefficient (Wildman–Crippen LogP) is 4.56. The average Bonchev–Trinajstić information content (AvgIpc) is 3.49. The molecule has 1 aromatic carbocycles. The fraction of sp³-hybridized carbons (Fsp3) is 0.611. The molecule has 1 amide bonds. The monoisotopic (exact) mass is 387 g/mol. The van der Waals surface area contributed by atoms with E-state index in [4.69, 9.17) is 0 Å². The summed E-state index contributed by atoms with van der Waals surface area (Å²) in [4.78, 5) is 12.3. The molecule has 0 spiro atoms. The molecule has 1 heterocycles. The van der Waals surface area contributed by atoms with Crippen molar-refractivity contribution >= 4 is 5.91 Å². The van der Waals surface area contributed by atoms with Crippen molar-refractivity contribution in [1.82, 2.24) is 5.32 Å². The first-order chi connectivity index (χ1) is 12.6. The molecule has 0 radical (unpaired) electrons. The van der Waals surface area contributed by atoms with Crippen LogP contribution in [0.2, 0.25) is 0 Å². The summed E-state index contributed by atoms with van der Waals surface area (Å²) in [5.41, 5.74) is -1.86. The summed E-state index contributed by atoms with van der Waals surface area (Å²) < 4.78 is 65.7. The lowest BCUT2D eigenvalue weighted by Crippen LogP contribution is -2.31. The summed E-state index contributed by atoms with van der Waals surface area (Å²) in [5, 5.41) is 9.05. The van der Waals surface area contributed by atoms with E-state index in [1.165, 1.54) is 24.3 Å². The standard InChI is InChI=1S/C18H18F5N3O/c19-16(20)13-7-3-11(4-8-14(13)16)15(27)24-9-10-1-5-12(6-2-10)17(25-26-17)18(21,22)23/h1-2,5-6,11,13-14H,3-4,7-9H2,(H,24,27). The van der Waals surface area contributed by atoms with Crippen molar-refractivity contribution in [2.24, 2.45) is 28.0 Å². The average molecular weight is 387 g/mol. The van der Waals surface area contributed by atoms with Crippen molar-refractivity contribution < 1.29 is 26.7 Å². The van der Waals surface area contributed by atoms with Crippen molar-refractivity contribution in [2.45, 2.75) is 50.0 Å². The Labute approximate surface area is 152 Å². The van der Waals surface area contributed by atoms with Crippen LogP contribution in [0.4, 0.5) is 22.0 Å². The number of hydrogen-bond acceptors (Lipinski definition) is 3. The predicted molar refractivity (Wildman–Crippen MR) is 84.8 cm³/mol. The Hall–Kier alpha value is -2.06. The van der Waals surface area contributed by atoms with Gasteiger partial charge in [0.05, 0.1) is 0 Å². The summed E-state index contributed by atoms with van der Waals surface area (Å²) >= 11 is 0. The van der Waals surface area contributed by atoms with Crippen molar-refractivity contribution in [3.05, 3.63) is 35.4 Å². The molecule has 146 valence electrons. The topological polar surface area (TPSA) is 53.8 Å². The lowest BCUT2D eigenvalue weighted by Gasteiger charge is -2.17. The largest absolute Gasteiger partial charge is 0.442 e. The van der Waals surface area contributed by atoms with Crippen LogP contribution >= 0.6 is 0 Å². The van der Waals surface area contributed by atoms with Gasteiger partial charge in [-0.05, 0) is 31.2 Å². The molecule has 1 aliphatic heterocycles. The van der Waals surface area contributed by atoms with Gasteiger partial charge in [-0.2, -0.15) is 13.2 Å². The van der Waals surface area contributed by atoms with Crippen molar-refractivity contribution in [3.63, 3.8) is 0 Å². The zero-order valence-electron chi connectivity index (χ0n) is 14.3. The molecule has 2 unspecified atom stereocenters. The molecule has 2 saturated carbocycles. The Morgan fingerprint density at radius 2 is 1.59 bits per heavy atom. The second-order valence-corrected chi connectivity index (χ2v) is 7.52. The molecule has 0 saturated heterocycles. The fourth-order valence-electron chi connectivity index (χ4n) is 4.05. The molecule has 27 heavy (non-hydrogen) atoms. The highest BCUT2D eigenvalue weighted by Gasteiger charge is 2.67. The van der Waals surface area contributed by atoms with E-state index in [1.54, 1.807) is 0 Å². The number of benzene rings is 1. The first kappa shape index (κ1) is 18.3. The van der Waals surface area contributed by atoms with E-state index in [0.717, 1.165) is 0 Å². The lowest BCUT2D eigenvalue weighted by molar-refractivity contribution is -0.166. The van der Waals surface area contributed by atoms with Gasteiger partial charge in [0.2, 0.25) is 5.91 Å². The summed E-state index contributed by atoms with van der Waals surface area (Å²) in [6, 6.07) is 5.59. The molecule has 0 aromatic heterocycles. The Morgan fingerprint density at radius 3 is 2.07 bits per heavy atom. The number of fused-ring (bicyclic) bond motifs is 1. The van der Waals surface area contributed by atoms with Crippen molar-refractivity contribution in [3.8, 4) is 0 Å². The van der Waals surface area contributed by atoms with Gasteiger partial charge >= 0.3 is 11.8 Å². The maximum absolute atomic E-state index is 13.4. The van der Waals surface area contributed by atoms with Crippen LogP contribution in [0.1, 0.15) is 36.8 Å². The van der Waals surface area contributed by atoms with E-state index < -0.39 is 29.6 Å². The van der Waals surface area contributed by atoms with Crippen LogP contribution in [0.25, 0.3) is 0 Å². The Kier molecular flexibility index (Phi) is 4.05. The lowest BCUT2D eigenvalue weighted by atomic mass is 9.97. The highest BCUT2D eigenvalue weighted by Crippen LogP contribution is 2.61. The Bertz CT molecular complexity index is 752. The van der Waals surface area contributed by atoms with E-state index in [1.807, 2.05) is 0 Å². The zero-order chi connectivity index (χ0) is 19.4.